The standard InChI is InChI=1S/C19H18N2O2/c1-13(19(22)21-17-8-9-17)23-18-10-6-16(7-11-18)15-4-2-14(12-20)3-5-15/h2-7,10-11,13,17H,8-9H2,1H3,(H,21,22). The Labute approximate surface area is 135 Å². The summed E-state index contributed by atoms with van der Waals surface area (Å²) in [7, 11) is 0. The lowest BCUT2D eigenvalue weighted by Crippen LogP contribution is -2.37. The van der Waals surface area contributed by atoms with Crippen molar-refractivity contribution in [3.05, 3.63) is 54.1 Å². The summed E-state index contributed by atoms with van der Waals surface area (Å²) in [5, 5.41) is 11.8. The number of carbonyl (C=O) groups excluding carboxylic acids is 1. The number of amides is 1. The molecule has 23 heavy (non-hydrogen) atoms. The molecule has 0 saturated heterocycles. The van der Waals surface area contributed by atoms with Gasteiger partial charge in [0.05, 0.1) is 11.6 Å². The van der Waals surface area contributed by atoms with Crippen LogP contribution in [-0.4, -0.2) is 18.1 Å². The van der Waals surface area contributed by atoms with Gasteiger partial charge in [-0.2, -0.15) is 5.26 Å². The molecule has 4 nitrogen and oxygen atoms in total. The second-order valence-corrected chi connectivity index (χ2v) is 5.76. The molecule has 1 atom stereocenters. The van der Waals surface area contributed by atoms with Crippen molar-refractivity contribution in [2.75, 3.05) is 0 Å². The highest BCUT2D eigenvalue weighted by Crippen LogP contribution is 2.24. The third-order valence-electron chi connectivity index (χ3n) is 3.81. The molecule has 0 heterocycles. The number of benzene rings is 2. The monoisotopic (exact) mass is 306 g/mol. The fourth-order valence-corrected chi connectivity index (χ4v) is 2.27. The minimum atomic E-state index is -0.503. The van der Waals surface area contributed by atoms with Crippen molar-refractivity contribution in [2.24, 2.45) is 0 Å². The van der Waals surface area contributed by atoms with Crippen molar-refractivity contribution in [1.82, 2.24) is 5.32 Å². The zero-order valence-electron chi connectivity index (χ0n) is 13.0. The molecule has 1 fully saturated rings. The van der Waals surface area contributed by atoms with Crippen LogP contribution in [0, 0.1) is 11.3 Å². The van der Waals surface area contributed by atoms with E-state index >= 15 is 0 Å². The van der Waals surface area contributed by atoms with E-state index in [2.05, 4.69) is 11.4 Å². The van der Waals surface area contributed by atoms with Gasteiger partial charge in [-0.15, -0.1) is 0 Å². The molecule has 1 N–H and O–H groups in total. The molecule has 3 rings (SSSR count). The molecule has 0 radical (unpaired) electrons. The first-order valence-corrected chi connectivity index (χ1v) is 7.73. The van der Waals surface area contributed by atoms with Gasteiger partial charge in [0.25, 0.3) is 5.91 Å². The van der Waals surface area contributed by atoms with Gasteiger partial charge in [-0.1, -0.05) is 24.3 Å². The van der Waals surface area contributed by atoms with Crippen LogP contribution in [0.5, 0.6) is 5.75 Å². The van der Waals surface area contributed by atoms with Crippen LogP contribution in [0.4, 0.5) is 0 Å². The smallest absolute Gasteiger partial charge is 0.260 e. The minimum absolute atomic E-state index is 0.0660. The summed E-state index contributed by atoms with van der Waals surface area (Å²) in [6.45, 7) is 1.76. The summed E-state index contributed by atoms with van der Waals surface area (Å²) in [5.74, 6) is 0.601. The van der Waals surface area contributed by atoms with Gasteiger partial charge in [-0.3, -0.25) is 4.79 Å². The van der Waals surface area contributed by atoms with Gasteiger partial charge in [0.15, 0.2) is 6.10 Å². The molecule has 1 amide bonds. The van der Waals surface area contributed by atoms with Crippen LogP contribution in [0.15, 0.2) is 48.5 Å². The van der Waals surface area contributed by atoms with Gasteiger partial charge in [0.1, 0.15) is 5.75 Å². The average molecular weight is 306 g/mol. The van der Waals surface area contributed by atoms with Gasteiger partial charge in [-0.25, -0.2) is 0 Å². The fraction of sp³-hybridized carbons (Fsp3) is 0.263. The van der Waals surface area contributed by atoms with E-state index in [-0.39, 0.29) is 5.91 Å². The van der Waals surface area contributed by atoms with Crippen molar-refractivity contribution in [3.8, 4) is 22.9 Å². The highest BCUT2D eigenvalue weighted by molar-refractivity contribution is 5.81. The molecule has 4 heteroatoms. The lowest BCUT2D eigenvalue weighted by molar-refractivity contribution is -0.127. The summed E-state index contributed by atoms with van der Waals surface area (Å²) in [4.78, 5) is 11.9. The second kappa shape index (κ2) is 6.53. The first kappa shape index (κ1) is 15.1. The van der Waals surface area contributed by atoms with E-state index in [0.29, 0.717) is 17.4 Å². The van der Waals surface area contributed by atoms with Gasteiger partial charge in [0, 0.05) is 6.04 Å². The number of carbonyl (C=O) groups is 1. The molecule has 1 aliphatic carbocycles. The largest absolute Gasteiger partial charge is 0.481 e. The summed E-state index contributed by atoms with van der Waals surface area (Å²) >= 11 is 0. The minimum Gasteiger partial charge on any atom is -0.481 e. The maximum Gasteiger partial charge on any atom is 0.260 e. The van der Waals surface area contributed by atoms with E-state index in [4.69, 9.17) is 10.00 Å². The number of rotatable bonds is 5. The molecule has 0 bridgehead atoms. The van der Waals surface area contributed by atoms with Crippen LogP contribution < -0.4 is 10.1 Å². The Balaban J connectivity index is 1.64. The van der Waals surface area contributed by atoms with E-state index in [1.807, 2.05) is 36.4 Å². The van der Waals surface area contributed by atoms with Crippen molar-refractivity contribution in [1.29, 1.82) is 5.26 Å². The average Bonchev–Trinajstić information content (AvgIpc) is 3.39. The Morgan fingerprint density at radius 2 is 1.70 bits per heavy atom. The summed E-state index contributed by atoms with van der Waals surface area (Å²) in [6.07, 6.45) is 1.63. The molecule has 2 aromatic carbocycles. The Bertz CT molecular complexity index is 725. The van der Waals surface area contributed by atoms with Gasteiger partial charge in [-0.05, 0) is 55.2 Å². The van der Waals surface area contributed by atoms with E-state index in [1.165, 1.54) is 0 Å². The molecular formula is C19H18N2O2. The predicted octanol–water partition coefficient (Wildman–Crippen LogP) is 3.27. The van der Waals surface area contributed by atoms with Crippen LogP contribution in [0.2, 0.25) is 0 Å². The van der Waals surface area contributed by atoms with Crippen LogP contribution in [0.1, 0.15) is 25.3 Å². The zero-order valence-corrected chi connectivity index (χ0v) is 13.0. The second-order valence-electron chi connectivity index (χ2n) is 5.76. The van der Waals surface area contributed by atoms with E-state index in [9.17, 15) is 4.79 Å². The number of hydrogen-bond donors (Lipinski definition) is 1. The zero-order chi connectivity index (χ0) is 16.2. The summed E-state index contributed by atoms with van der Waals surface area (Å²) in [5.41, 5.74) is 2.72. The SMILES string of the molecule is CC(Oc1ccc(-c2ccc(C#N)cc2)cc1)C(=O)NC1CC1. The van der Waals surface area contributed by atoms with Crippen LogP contribution in [-0.2, 0) is 4.79 Å². The van der Waals surface area contributed by atoms with Gasteiger partial charge < -0.3 is 10.1 Å². The molecule has 1 saturated carbocycles. The lowest BCUT2D eigenvalue weighted by atomic mass is 10.0. The van der Waals surface area contributed by atoms with E-state index < -0.39 is 6.10 Å². The normalized spacial score (nSPS) is 14.6. The number of nitrogens with one attached hydrogen (secondary N) is 1. The van der Waals surface area contributed by atoms with Crippen molar-refractivity contribution >= 4 is 5.91 Å². The van der Waals surface area contributed by atoms with Gasteiger partial charge >= 0.3 is 0 Å². The fourth-order valence-electron chi connectivity index (χ4n) is 2.27. The highest BCUT2D eigenvalue weighted by atomic mass is 16.5. The first-order valence-electron chi connectivity index (χ1n) is 7.73. The molecule has 0 aliphatic heterocycles. The van der Waals surface area contributed by atoms with E-state index in [1.54, 1.807) is 19.1 Å². The third kappa shape index (κ3) is 3.89. The summed E-state index contributed by atoms with van der Waals surface area (Å²) in [6, 6.07) is 17.5. The summed E-state index contributed by atoms with van der Waals surface area (Å²) < 4.78 is 5.68. The topological polar surface area (TPSA) is 62.1 Å². The van der Waals surface area contributed by atoms with Crippen LogP contribution in [0.25, 0.3) is 11.1 Å². The first-order chi connectivity index (χ1) is 11.2. The highest BCUT2D eigenvalue weighted by Gasteiger charge is 2.26. The Hall–Kier alpha value is -2.80. The molecule has 0 spiro atoms. The van der Waals surface area contributed by atoms with Crippen molar-refractivity contribution < 1.29 is 9.53 Å². The van der Waals surface area contributed by atoms with E-state index in [0.717, 1.165) is 24.0 Å². The number of hydrogen-bond acceptors (Lipinski definition) is 3. The number of nitrogens with zero attached hydrogens (tertiary/aromatic N) is 1. The Morgan fingerprint density at radius 1 is 1.13 bits per heavy atom. The Morgan fingerprint density at radius 3 is 2.22 bits per heavy atom. The van der Waals surface area contributed by atoms with Crippen molar-refractivity contribution in [2.45, 2.75) is 31.9 Å². The molecular weight excluding hydrogens is 288 g/mol. The van der Waals surface area contributed by atoms with Crippen LogP contribution in [0.3, 0.4) is 0 Å². The Kier molecular flexibility index (Phi) is 4.29. The quantitative estimate of drug-likeness (QED) is 0.922. The maximum absolute atomic E-state index is 11.9. The molecule has 0 aromatic heterocycles. The van der Waals surface area contributed by atoms with Crippen LogP contribution >= 0.6 is 0 Å². The predicted molar refractivity (Wildman–Crippen MR) is 87.8 cm³/mol. The number of ether oxygens (including phenoxy) is 1. The third-order valence-corrected chi connectivity index (χ3v) is 3.81. The van der Waals surface area contributed by atoms with Crippen molar-refractivity contribution in [3.63, 3.8) is 0 Å². The molecule has 1 aliphatic rings. The maximum atomic E-state index is 11.9. The lowest BCUT2D eigenvalue weighted by Gasteiger charge is -2.14. The van der Waals surface area contributed by atoms with Gasteiger partial charge in [0.2, 0.25) is 0 Å². The molecule has 116 valence electrons. The molecule has 2 aromatic rings. The molecule has 1 unspecified atom stereocenters. The number of nitriles is 1.